The van der Waals surface area contributed by atoms with Gasteiger partial charge in [0.1, 0.15) is 36.1 Å². The normalized spacial score (nSPS) is 19.1. The van der Waals surface area contributed by atoms with Gasteiger partial charge in [-0.15, -0.1) is 0 Å². The number of carbonyl (C=O) groups excluding carboxylic acids is 4. The molecule has 0 spiro atoms. The Hall–Kier alpha value is -7.11. The second-order valence-corrected chi connectivity index (χ2v) is 17.0. The third-order valence-electron chi connectivity index (χ3n) is 12.7. The minimum absolute atomic E-state index is 0.207. The van der Waals surface area contributed by atoms with Crippen molar-refractivity contribution < 1.29 is 46.6 Å². The number of amides is 4. The number of halogens is 3. The average Bonchev–Trinajstić information content (AvgIpc) is 4.15. The number of hydrogen-bond acceptors (Lipinski definition) is 9. The van der Waals surface area contributed by atoms with Crippen LogP contribution in [0.15, 0.2) is 79.0 Å². The fourth-order valence-electron chi connectivity index (χ4n) is 9.33. The highest BCUT2D eigenvalue weighted by molar-refractivity contribution is 6.07. The molecular formula is C47H47F3N8O7. The number of aromatic amines is 2. The lowest BCUT2D eigenvalue weighted by Gasteiger charge is -2.30. The summed E-state index contributed by atoms with van der Waals surface area (Å²) >= 11 is 0. The maximum absolute atomic E-state index is 14.1. The average molecular weight is 893 g/mol. The van der Waals surface area contributed by atoms with Crippen LogP contribution in [0.25, 0.3) is 44.2 Å². The third kappa shape index (κ3) is 8.16. The van der Waals surface area contributed by atoms with E-state index in [-0.39, 0.29) is 30.8 Å². The zero-order valence-electron chi connectivity index (χ0n) is 36.0. The van der Waals surface area contributed by atoms with Crippen LogP contribution < -0.4 is 15.4 Å². The quantitative estimate of drug-likeness (QED) is 0.111. The summed E-state index contributed by atoms with van der Waals surface area (Å²) in [6, 6.07) is 19.5. The van der Waals surface area contributed by atoms with E-state index < -0.39 is 60.8 Å². The van der Waals surface area contributed by atoms with E-state index in [4.69, 9.17) is 14.5 Å². The molecule has 0 bridgehead atoms. The van der Waals surface area contributed by atoms with Crippen LogP contribution in [0, 0.1) is 11.8 Å². The number of nitrogens with one attached hydrogen (secondary N) is 4. The van der Waals surface area contributed by atoms with E-state index in [1.165, 1.54) is 7.11 Å². The lowest BCUT2D eigenvalue weighted by Crippen LogP contribution is -2.51. The van der Waals surface area contributed by atoms with Crippen molar-refractivity contribution in [2.45, 2.75) is 70.1 Å². The second-order valence-electron chi connectivity index (χ2n) is 17.0. The first-order valence-corrected chi connectivity index (χ1v) is 21.4. The number of H-pyrrole nitrogens is 2. The van der Waals surface area contributed by atoms with Crippen LogP contribution in [0.4, 0.5) is 22.8 Å². The summed E-state index contributed by atoms with van der Waals surface area (Å²) in [6.07, 6.45) is -3.50. The number of likely N-dealkylation sites (tertiary alicyclic amines) is 2. The predicted molar refractivity (Wildman–Crippen MR) is 232 cm³/mol. The summed E-state index contributed by atoms with van der Waals surface area (Å²) in [5, 5.41) is 6.97. The van der Waals surface area contributed by atoms with E-state index in [1.54, 1.807) is 37.1 Å². The summed E-state index contributed by atoms with van der Waals surface area (Å²) in [4.78, 5) is 71.4. The Morgan fingerprint density at radius 3 is 2.37 bits per heavy atom. The molecule has 0 aliphatic carbocycles. The summed E-state index contributed by atoms with van der Waals surface area (Å²) in [7, 11) is 2.41. The molecule has 5 atom stereocenters. The monoisotopic (exact) mass is 892 g/mol. The van der Waals surface area contributed by atoms with E-state index in [0.717, 1.165) is 62.5 Å². The number of alkyl carbamates (subject to hydrolysis) is 2. The Balaban J connectivity index is 0.973. The fourth-order valence-corrected chi connectivity index (χ4v) is 9.33. The van der Waals surface area contributed by atoms with Crippen LogP contribution in [0.3, 0.4) is 0 Å². The Kier molecular flexibility index (Phi) is 11.4. The zero-order chi connectivity index (χ0) is 45.7. The molecule has 5 unspecified atom stereocenters. The number of methoxy groups -OCH3 is 2. The van der Waals surface area contributed by atoms with Crippen molar-refractivity contribution in [1.29, 1.82) is 0 Å². The highest BCUT2D eigenvalue weighted by atomic mass is 19.4. The van der Waals surface area contributed by atoms with Gasteiger partial charge in [0.25, 0.3) is 5.91 Å². The first kappa shape index (κ1) is 43.2. The molecule has 18 heteroatoms. The van der Waals surface area contributed by atoms with Crippen LogP contribution in [0.2, 0.25) is 0 Å². The Bertz CT molecular complexity index is 2810. The smallest absolute Gasteiger partial charge is 0.407 e. The Morgan fingerprint density at radius 2 is 1.63 bits per heavy atom. The van der Waals surface area contributed by atoms with Crippen molar-refractivity contribution in [1.82, 2.24) is 40.4 Å². The van der Waals surface area contributed by atoms with Crippen LogP contribution in [-0.4, -0.2) is 93.3 Å². The first-order valence-electron chi connectivity index (χ1n) is 21.4. The van der Waals surface area contributed by atoms with Gasteiger partial charge in [0.15, 0.2) is 0 Å². The van der Waals surface area contributed by atoms with E-state index in [9.17, 15) is 32.3 Å². The van der Waals surface area contributed by atoms with Gasteiger partial charge in [-0.3, -0.25) is 9.59 Å². The molecule has 0 saturated carbocycles. The van der Waals surface area contributed by atoms with Crippen molar-refractivity contribution >= 4 is 45.8 Å². The van der Waals surface area contributed by atoms with Crippen LogP contribution in [-0.2, 0) is 25.7 Å². The number of ether oxygens (including phenoxy) is 3. The molecule has 3 aliphatic rings. The van der Waals surface area contributed by atoms with Gasteiger partial charge >= 0.3 is 18.4 Å². The lowest BCUT2D eigenvalue weighted by atomic mass is 9.92. The summed E-state index contributed by atoms with van der Waals surface area (Å²) < 4.78 is 58.2. The highest BCUT2D eigenvalue weighted by Crippen LogP contribution is 2.45. The lowest BCUT2D eigenvalue weighted by molar-refractivity contribution is -0.171. The minimum atomic E-state index is -4.54. The number of carbonyl (C=O) groups is 4. The molecule has 6 aromatic rings. The Labute approximate surface area is 371 Å². The second kappa shape index (κ2) is 17.1. The predicted octanol–water partition coefficient (Wildman–Crippen LogP) is 8.26. The van der Waals surface area contributed by atoms with Gasteiger partial charge in [-0.1, -0.05) is 62.4 Å². The SMILES string of the molecule is COC(=O)NC(C(=O)N1CCCC1c1nc2c(ccc3cc4c(cc32)OCc2cc(-c3cnc(C5CC(C(F)(F)F)CN5C(=O)C(NC(=O)OC)C(C)C)[nH]3)ccc2-4)[nH]1)c1ccccc1. The molecule has 65 heavy (non-hydrogen) atoms. The van der Waals surface area contributed by atoms with Gasteiger partial charge in [0.2, 0.25) is 5.91 Å². The maximum Gasteiger partial charge on any atom is 0.407 e. The molecule has 4 aromatic carbocycles. The molecule has 0 radical (unpaired) electrons. The number of hydrogen-bond donors (Lipinski definition) is 4. The molecule has 15 nitrogen and oxygen atoms in total. The third-order valence-corrected chi connectivity index (χ3v) is 12.7. The van der Waals surface area contributed by atoms with Gasteiger partial charge < -0.3 is 44.6 Å². The number of benzene rings is 4. The molecule has 4 N–H and O–H groups in total. The van der Waals surface area contributed by atoms with Gasteiger partial charge in [0, 0.05) is 24.0 Å². The van der Waals surface area contributed by atoms with E-state index in [0.29, 0.717) is 35.8 Å². The van der Waals surface area contributed by atoms with E-state index in [1.807, 2.05) is 54.6 Å². The molecule has 4 amide bonds. The van der Waals surface area contributed by atoms with Crippen molar-refractivity contribution in [2.75, 3.05) is 27.3 Å². The number of imidazole rings is 2. The number of rotatable bonds is 9. The van der Waals surface area contributed by atoms with Crippen molar-refractivity contribution in [3.8, 4) is 28.1 Å². The van der Waals surface area contributed by atoms with E-state index >= 15 is 0 Å². The van der Waals surface area contributed by atoms with Crippen LogP contribution in [0.5, 0.6) is 5.75 Å². The highest BCUT2D eigenvalue weighted by Gasteiger charge is 2.51. The topological polar surface area (TPSA) is 184 Å². The minimum Gasteiger partial charge on any atom is -0.488 e. The number of fused-ring (bicyclic) bond motifs is 6. The largest absolute Gasteiger partial charge is 0.488 e. The molecule has 338 valence electrons. The van der Waals surface area contributed by atoms with Crippen molar-refractivity contribution in [2.24, 2.45) is 11.8 Å². The zero-order valence-corrected chi connectivity index (χ0v) is 36.0. The van der Waals surface area contributed by atoms with E-state index in [2.05, 4.69) is 36.4 Å². The molecule has 2 saturated heterocycles. The maximum atomic E-state index is 14.1. The van der Waals surface area contributed by atoms with Gasteiger partial charge in [-0.2, -0.15) is 13.2 Å². The van der Waals surface area contributed by atoms with Crippen molar-refractivity contribution in [3.63, 3.8) is 0 Å². The summed E-state index contributed by atoms with van der Waals surface area (Å²) in [5.41, 5.74) is 6.17. The van der Waals surface area contributed by atoms with Crippen LogP contribution in [0.1, 0.15) is 74.0 Å². The summed E-state index contributed by atoms with van der Waals surface area (Å²) in [5.74, 6) is -1.59. The number of alkyl halides is 3. The van der Waals surface area contributed by atoms with Crippen LogP contribution >= 0.6 is 0 Å². The van der Waals surface area contributed by atoms with Gasteiger partial charge in [0.05, 0.1) is 55.1 Å². The first-order chi connectivity index (χ1) is 31.2. The van der Waals surface area contributed by atoms with Gasteiger partial charge in [-0.05, 0) is 77.1 Å². The molecule has 2 aromatic heterocycles. The summed E-state index contributed by atoms with van der Waals surface area (Å²) in [6.45, 7) is 3.56. The standard InChI is InChI=1S/C47H47F3N8O7/c1-24(2)38(55-45(61)63-3)43(59)58-22-29(47(48,49)50)19-36(58)41-51-21-34(53-41)27-12-14-30-28(17-27)23-65-37-20-31-26(18-32(30)37)13-15-33-40(31)54-42(52-33)35-11-8-16-57(35)44(60)39(56-46(62)64-4)25-9-6-5-7-10-25/h5-7,9-10,12-15,17-18,20-21,24,29,35-36,38-39H,8,11,16,19,22-23H2,1-4H3,(H,51,53)(H,52,54)(H,55,61)(H,56,62). The van der Waals surface area contributed by atoms with Gasteiger partial charge in [-0.25, -0.2) is 19.6 Å². The number of nitrogens with zero attached hydrogens (tertiary/aromatic N) is 4. The molecule has 2 fully saturated rings. The Morgan fingerprint density at radius 1 is 0.862 bits per heavy atom. The molecule has 5 heterocycles. The fraction of sp³-hybridized carbons (Fsp3) is 0.362. The number of aromatic nitrogens is 4. The van der Waals surface area contributed by atoms with Crippen molar-refractivity contribution in [3.05, 3.63) is 102 Å². The molecule has 3 aliphatic heterocycles. The molecule has 9 rings (SSSR count). The molecular weight excluding hydrogens is 846 g/mol.